The molecule has 0 spiro atoms. The van der Waals surface area contributed by atoms with E-state index in [1.807, 2.05) is 0 Å². The van der Waals surface area contributed by atoms with Crippen molar-refractivity contribution < 1.29 is 4.39 Å². The standard InChI is InChI=1S/C6H9FN2/c1-4(8)5-2-9-3-6(5)7/h2-4,9H,8H2,1H3. The number of nitrogens with two attached hydrogens (primary N) is 1. The molecule has 0 radical (unpaired) electrons. The maximum absolute atomic E-state index is 12.5. The SMILES string of the molecule is CC(N)c1c[nH]cc1F. The lowest BCUT2D eigenvalue weighted by molar-refractivity contribution is 0.599. The van der Waals surface area contributed by atoms with Crippen LogP contribution in [0.15, 0.2) is 12.4 Å². The number of hydrogen-bond donors (Lipinski definition) is 2. The molecule has 0 aliphatic rings. The zero-order chi connectivity index (χ0) is 6.85. The van der Waals surface area contributed by atoms with E-state index in [2.05, 4.69) is 4.98 Å². The van der Waals surface area contributed by atoms with Gasteiger partial charge in [0.2, 0.25) is 0 Å². The predicted octanol–water partition coefficient (Wildman–Crippen LogP) is 1.17. The average Bonchev–Trinajstić information content (AvgIpc) is 2.13. The number of rotatable bonds is 1. The molecule has 0 aliphatic carbocycles. The molecule has 0 saturated carbocycles. The third kappa shape index (κ3) is 1.10. The van der Waals surface area contributed by atoms with Gasteiger partial charge in [-0.25, -0.2) is 4.39 Å². The molecule has 1 heterocycles. The average molecular weight is 128 g/mol. The van der Waals surface area contributed by atoms with Gasteiger partial charge in [0.05, 0.1) is 0 Å². The fraction of sp³-hybridized carbons (Fsp3) is 0.333. The Labute approximate surface area is 52.9 Å². The van der Waals surface area contributed by atoms with E-state index in [1.165, 1.54) is 6.20 Å². The summed E-state index contributed by atoms with van der Waals surface area (Å²) in [6.45, 7) is 1.74. The minimum absolute atomic E-state index is 0.226. The predicted molar refractivity (Wildman–Crippen MR) is 33.4 cm³/mol. The summed E-state index contributed by atoms with van der Waals surface area (Å²) >= 11 is 0. The van der Waals surface area contributed by atoms with Gasteiger partial charge in [-0.3, -0.25) is 0 Å². The van der Waals surface area contributed by atoms with Crippen LogP contribution in [0.2, 0.25) is 0 Å². The van der Waals surface area contributed by atoms with Gasteiger partial charge < -0.3 is 10.7 Å². The van der Waals surface area contributed by atoms with Crippen molar-refractivity contribution in [1.29, 1.82) is 0 Å². The van der Waals surface area contributed by atoms with Crippen molar-refractivity contribution >= 4 is 0 Å². The van der Waals surface area contributed by atoms with E-state index in [9.17, 15) is 4.39 Å². The summed E-state index contributed by atoms with van der Waals surface area (Å²) in [7, 11) is 0. The van der Waals surface area contributed by atoms with Gasteiger partial charge >= 0.3 is 0 Å². The van der Waals surface area contributed by atoms with Crippen molar-refractivity contribution in [2.75, 3.05) is 0 Å². The molecule has 0 fully saturated rings. The highest BCUT2D eigenvalue weighted by Gasteiger charge is 2.05. The van der Waals surface area contributed by atoms with Crippen LogP contribution in [0.3, 0.4) is 0 Å². The zero-order valence-electron chi connectivity index (χ0n) is 5.19. The van der Waals surface area contributed by atoms with Gasteiger partial charge in [-0.1, -0.05) is 0 Å². The third-order valence-electron chi connectivity index (χ3n) is 1.22. The van der Waals surface area contributed by atoms with Crippen LogP contribution < -0.4 is 5.73 Å². The molecule has 0 amide bonds. The second-order valence-electron chi connectivity index (χ2n) is 2.05. The van der Waals surface area contributed by atoms with E-state index >= 15 is 0 Å². The van der Waals surface area contributed by atoms with Gasteiger partial charge in [0, 0.05) is 24.0 Å². The number of halogens is 1. The molecule has 1 aromatic heterocycles. The molecule has 0 saturated heterocycles. The van der Waals surface area contributed by atoms with Gasteiger partial charge in [-0.15, -0.1) is 0 Å². The minimum Gasteiger partial charge on any atom is -0.365 e. The molecule has 1 rings (SSSR count). The zero-order valence-corrected chi connectivity index (χ0v) is 5.19. The molecule has 0 aliphatic heterocycles. The van der Waals surface area contributed by atoms with Gasteiger partial charge in [-0.2, -0.15) is 0 Å². The van der Waals surface area contributed by atoms with Gasteiger partial charge in [0.25, 0.3) is 0 Å². The summed E-state index contributed by atoms with van der Waals surface area (Å²) in [6, 6.07) is -0.226. The lowest BCUT2D eigenvalue weighted by Crippen LogP contribution is -2.04. The summed E-state index contributed by atoms with van der Waals surface area (Å²) < 4.78 is 12.5. The van der Waals surface area contributed by atoms with Crippen molar-refractivity contribution in [2.24, 2.45) is 5.73 Å². The molecule has 2 nitrogen and oxygen atoms in total. The van der Waals surface area contributed by atoms with Crippen molar-refractivity contribution in [3.8, 4) is 0 Å². The van der Waals surface area contributed by atoms with E-state index < -0.39 is 0 Å². The fourth-order valence-corrected chi connectivity index (χ4v) is 0.706. The Balaban J connectivity index is 2.94. The lowest BCUT2D eigenvalue weighted by atomic mass is 10.2. The Morgan fingerprint density at radius 2 is 2.33 bits per heavy atom. The second-order valence-corrected chi connectivity index (χ2v) is 2.05. The quantitative estimate of drug-likeness (QED) is 0.585. The van der Waals surface area contributed by atoms with Crippen molar-refractivity contribution in [1.82, 2.24) is 4.98 Å². The summed E-state index contributed by atoms with van der Waals surface area (Å²) in [5, 5.41) is 0. The molecular weight excluding hydrogens is 119 g/mol. The normalized spacial score (nSPS) is 13.7. The summed E-state index contributed by atoms with van der Waals surface area (Å²) in [5.41, 5.74) is 5.94. The smallest absolute Gasteiger partial charge is 0.145 e. The molecule has 1 aromatic rings. The highest BCUT2D eigenvalue weighted by Crippen LogP contribution is 2.11. The second kappa shape index (κ2) is 2.19. The van der Waals surface area contributed by atoms with Crippen LogP contribution >= 0.6 is 0 Å². The van der Waals surface area contributed by atoms with Crippen LogP contribution in [0.1, 0.15) is 18.5 Å². The number of aromatic nitrogens is 1. The molecule has 0 aromatic carbocycles. The third-order valence-corrected chi connectivity index (χ3v) is 1.22. The van der Waals surface area contributed by atoms with Crippen LogP contribution in [-0.4, -0.2) is 4.98 Å². The molecular formula is C6H9FN2. The Kier molecular flexibility index (Phi) is 1.53. The van der Waals surface area contributed by atoms with Crippen LogP contribution in [0.25, 0.3) is 0 Å². The Bertz CT molecular complexity index is 193. The van der Waals surface area contributed by atoms with E-state index in [0.29, 0.717) is 5.56 Å². The highest BCUT2D eigenvalue weighted by molar-refractivity contribution is 5.14. The largest absolute Gasteiger partial charge is 0.365 e. The molecule has 3 heteroatoms. The maximum Gasteiger partial charge on any atom is 0.145 e. The first-order valence-electron chi connectivity index (χ1n) is 2.79. The summed E-state index contributed by atoms with van der Waals surface area (Å²) in [4.78, 5) is 2.62. The molecule has 9 heavy (non-hydrogen) atoms. The van der Waals surface area contributed by atoms with Crippen molar-refractivity contribution in [2.45, 2.75) is 13.0 Å². The lowest BCUT2D eigenvalue weighted by Gasteiger charge is -1.98. The van der Waals surface area contributed by atoms with Crippen LogP contribution in [0.5, 0.6) is 0 Å². The Morgan fingerprint density at radius 3 is 2.56 bits per heavy atom. The van der Waals surface area contributed by atoms with E-state index in [0.717, 1.165) is 0 Å². The van der Waals surface area contributed by atoms with E-state index in [4.69, 9.17) is 5.73 Å². The van der Waals surface area contributed by atoms with E-state index in [-0.39, 0.29) is 11.9 Å². The van der Waals surface area contributed by atoms with Crippen LogP contribution in [0, 0.1) is 5.82 Å². The fourth-order valence-electron chi connectivity index (χ4n) is 0.706. The molecule has 1 unspecified atom stereocenters. The monoisotopic (exact) mass is 128 g/mol. The number of aromatic amines is 1. The Hall–Kier alpha value is -0.830. The Morgan fingerprint density at radius 1 is 1.67 bits per heavy atom. The maximum atomic E-state index is 12.5. The van der Waals surface area contributed by atoms with Gasteiger partial charge in [-0.05, 0) is 6.92 Å². The molecule has 3 N–H and O–H groups in total. The van der Waals surface area contributed by atoms with Gasteiger partial charge in [0.15, 0.2) is 0 Å². The highest BCUT2D eigenvalue weighted by atomic mass is 19.1. The first-order valence-corrected chi connectivity index (χ1v) is 2.79. The molecule has 1 atom stereocenters. The molecule has 0 bridgehead atoms. The van der Waals surface area contributed by atoms with Crippen LogP contribution in [-0.2, 0) is 0 Å². The van der Waals surface area contributed by atoms with Crippen LogP contribution in [0.4, 0.5) is 4.39 Å². The number of H-pyrrole nitrogens is 1. The van der Waals surface area contributed by atoms with Crippen molar-refractivity contribution in [3.63, 3.8) is 0 Å². The first-order chi connectivity index (χ1) is 4.22. The topological polar surface area (TPSA) is 41.8 Å². The number of nitrogens with one attached hydrogen (secondary N) is 1. The minimum atomic E-state index is -0.259. The summed E-state index contributed by atoms with van der Waals surface area (Å²) in [5.74, 6) is -0.259. The van der Waals surface area contributed by atoms with Gasteiger partial charge in [0.1, 0.15) is 5.82 Å². The molecule has 50 valence electrons. The number of hydrogen-bond acceptors (Lipinski definition) is 1. The van der Waals surface area contributed by atoms with E-state index in [1.54, 1.807) is 13.1 Å². The summed E-state index contributed by atoms with van der Waals surface area (Å²) in [6.07, 6.45) is 2.86. The van der Waals surface area contributed by atoms with Crippen molar-refractivity contribution in [3.05, 3.63) is 23.8 Å². The first kappa shape index (κ1) is 6.29.